The zero-order valence-corrected chi connectivity index (χ0v) is 15.8. The van der Waals surface area contributed by atoms with Crippen molar-refractivity contribution in [1.29, 1.82) is 0 Å². The van der Waals surface area contributed by atoms with E-state index in [1.165, 1.54) is 0 Å². The summed E-state index contributed by atoms with van der Waals surface area (Å²) in [6.07, 6.45) is 5.20. The molecule has 1 aliphatic heterocycles. The minimum absolute atomic E-state index is 0.0426. The Morgan fingerprint density at radius 2 is 1.93 bits per heavy atom. The van der Waals surface area contributed by atoms with Crippen molar-refractivity contribution in [2.45, 2.75) is 20.8 Å². The average molecular weight is 365 g/mol. The van der Waals surface area contributed by atoms with Crippen LogP contribution in [0.2, 0.25) is 0 Å². The SMILES string of the molecule is CC(C)(C)C(=O)c1c[nH]c2ncc(-c3ccc(N4CCOCC4)nc3)nc12. The van der Waals surface area contributed by atoms with Gasteiger partial charge in [-0.15, -0.1) is 0 Å². The minimum atomic E-state index is -0.478. The lowest BCUT2D eigenvalue weighted by molar-refractivity contribution is 0.0860. The molecule has 0 unspecified atom stereocenters. The first-order valence-electron chi connectivity index (χ1n) is 9.11. The fourth-order valence-electron chi connectivity index (χ4n) is 3.12. The summed E-state index contributed by atoms with van der Waals surface area (Å²) >= 11 is 0. The molecule has 4 rings (SSSR count). The lowest BCUT2D eigenvalue weighted by Crippen LogP contribution is -2.36. The van der Waals surface area contributed by atoms with Crippen molar-refractivity contribution in [1.82, 2.24) is 19.9 Å². The van der Waals surface area contributed by atoms with Crippen molar-refractivity contribution >= 4 is 22.8 Å². The zero-order chi connectivity index (χ0) is 19.0. The molecule has 0 aliphatic carbocycles. The number of carbonyl (C=O) groups is 1. The van der Waals surface area contributed by atoms with Gasteiger partial charge < -0.3 is 14.6 Å². The van der Waals surface area contributed by atoms with Crippen molar-refractivity contribution in [2.24, 2.45) is 5.41 Å². The zero-order valence-electron chi connectivity index (χ0n) is 15.8. The molecule has 1 N–H and O–H groups in total. The van der Waals surface area contributed by atoms with Gasteiger partial charge in [-0.3, -0.25) is 4.79 Å². The Morgan fingerprint density at radius 1 is 1.15 bits per heavy atom. The quantitative estimate of drug-likeness (QED) is 0.718. The second kappa shape index (κ2) is 6.74. The molecule has 0 aromatic carbocycles. The first-order chi connectivity index (χ1) is 12.9. The number of hydrogen-bond acceptors (Lipinski definition) is 6. The number of nitrogens with zero attached hydrogens (tertiary/aromatic N) is 4. The van der Waals surface area contributed by atoms with Gasteiger partial charge in [-0.1, -0.05) is 20.8 Å². The van der Waals surface area contributed by atoms with Gasteiger partial charge in [-0.05, 0) is 12.1 Å². The molecule has 140 valence electrons. The van der Waals surface area contributed by atoms with Crippen LogP contribution in [-0.4, -0.2) is 52.0 Å². The van der Waals surface area contributed by atoms with E-state index in [1.807, 2.05) is 32.9 Å². The number of nitrogens with one attached hydrogen (secondary N) is 1. The van der Waals surface area contributed by atoms with Gasteiger partial charge in [0.15, 0.2) is 11.4 Å². The lowest BCUT2D eigenvalue weighted by atomic mass is 9.87. The summed E-state index contributed by atoms with van der Waals surface area (Å²) in [6.45, 7) is 8.85. The minimum Gasteiger partial charge on any atom is -0.378 e. The van der Waals surface area contributed by atoms with Crippen molar-refractivity contribution in [3.63, 3.8) is 0 Å². The molecular weight excluding hydrogens is 342 g/mol. The third-order valence-electron chi connectivity index (χ3n) is 4.69. The Balaban J connectivity index is 1.66. The van der Waals surface area contributed by atoms with Crippen LogP contribution in [0, 0.1) is 5.41 Å². The van der Waals surface area contributed by atoms with E-state index in [9.17, 15) is 4.79 Å². The number of ketones is 1. The van der Waals surface area contributed by atoms with Crippen molar-refractivity contribution < 1.29 is 9.53 Å². The van der Waals surface area contributed by atoms with Crippen LogP contribution in [0.5, 0.6) is 0 Å². The van der Waals surface area contributed by atoms with E-state index in [2.05, 4.69) is 19.9 Å². The molecule has 3 aromatic rings. The van der Waals surface area contributed by atoms with Crippen LogP contribution in [0.3, 0.4) is 0 Å². The Morgan fingerprint density at radius 3 is 2.59 bits per heavy atom. The van der Waals surface area contributed by atoms with E-state index < -0.39 is 5.41 Å². The molecule has 0 amide bonds. The van der Waals surface area contributed by atoms with Gasteiger partial charge in [0, 0.05) is 36.5 Å². The predicted octanol–water partition coefficient (Wildman–Crippen LogP) is 3.09. The highest BCUT2D eigenvalue weighted by atomic mass is 16.5. The van der Waals surface area contributed by atoms with Gasteiger partial charge in [0.05, 0.1) is 30.7 Å². The number of pyridine rings is 1. The number of ether oxygens (including phenoxy) is 1. The number of rotatable bonds is 3. The van der Waals surface area contributed by atoms with E-state index in [1.54, 1.807) is 18.6 Å². The van der Waals surface area contributed by atoms with Crippen molar-refractivity contribution in [2.75, 3.05) is 31.2 Å². The molecule has 0 atom stereocenters. The Bertz CT molecular complexity index is 966. The van der Waals surface area contributed by atoms with E-state index in [0.717, 1.165) is 37.7 Å². The summed E-state index contributed by atoms with van der Waals surface area (Å²) in [5.41, 5.74) is 2.88. The van der Waals surface area contributed by atoms with Gasteiger partial charge in [0.25, 0.3) is 0 Å². The van der Waals surface area contributed by atoms with Gasteiger partial charge >= 0.3 is 0 Å². The Labute approximate surface area is 157 Å². The number of fused-ring (bicyclic) bond motifs is 1. The molecule has 1 fully saturated rings. The van der Waals surface area contributed by atoms with Crippen LogP contribution >= 0.6 is 0 Å². The van der Waals surface area contributed by atoms with E-state index >= 15 is 0 Å². The molecule has 1 aliphatic rings. The summed E-state index contributed by atoms with van der Waals surface area (Å²) in [4.78, 5) is 31.6. The van der Waals surface area contributed by atoms with Crippen LogP contribution < -0.4 is 4.90 Å². The van der Waals surface area contributed by atoms with E-state index in [0.29, 0.717) is 22.4 Å². The van der Waals surface area contributed by atoms with Crippen molar-refractivity contribution in [3.05, 3.63) is 36.3 Å². The first kappa shape index (κ1) is 17.6. The molecular formula is C20H23N5O2. The normalized spacial score (nSPS) is 15.3. The molecule has 1 saturated heterocycles. The number of H-pyrrole nitrogens is 1. The second-order valence-electron chi connectivity index (χ2n) is 7.74. The number of aromatic nitrogens is 4. The fourth-order valence-corrected chi connectivity index (χ4v) is 3.12. The number of aromatic amines is 1. The third-order valence-corrected chi connectivity index (χ3v) is 4.69. The summed E-state index contributed by atoms with van der Waals surface area (Å²) in [5, 5.41) is 0. The fraction of sp³-hybridized carbons (Fsp3) is 0.400. The number of hydrogen-bond donors (Lipinski definition) is 1. The third kappa shape index (κ3) is 3.42. The van der Waals surface area contributed by atoms with Crippen LogP contribution in [-0.2, 0) is 4.74 Å². The highest BCUT2D eigenvalue weighted by Gasteiger charge is 2.26. The highest BCUT2D eigenvalue weighted by molar-refractivity contribution is 6.08. The Kier molecular flexibility index (Phi) is 4.39. The summed E-state index contributed by atoms with van der Waals surface area (Å²) in [5.74, 6) is 0.974. The van der Waals surface area contributed by atoms with Gasteiger partial charge in [0.1, 0.15) is 11.3 Å². The average Bonchev–Trinajstić information content (AvgIpc) is 3.10. The molecule has 7 nitrogen and oxygen atoms in total. The molecule has 4 heterocycles. The highest BCUT2D eigenvalue weighted by Crippen LogP contribution is 2.27. The maximum absolute atomic E-state index is 12.7. The van der Waals surface area contributed by atoms with E-state index in [4.69, 9.17) is 9.72 Å². The largest absolute Gasteiger partial charge is 0.378 e. The number of carbonyl (C=O) groups excluding carboxylic acids is 1. The van der Waals surface area contributed by atoms with Gasteiger partial charge in [0.2, 0.25) is 0 Å². The standard InChI is InChI=1S/C20H23N5O2/c1-20(2,3)18(26)14-11-22-19-17(14)24-15(12-23-19)13-4-5-16(21-10-13)25-6-8-27-9-7-25/h4-5,10-12H,6-9H2,1-3H3,(H,22,23). The monoisotopic (exact) mass is 365 g/mol. The van der Waals surface area contributed by atoms with Crippen LogP contribution in [0.25, 0.3) is 22.4 Å². The maximum Gasteiger partial charge on any atom is 0.171 e. The maximum atomic E-state index is 12.7. The molecule has 0 saturated carbocycles. The Hall–Kier alpha value is -2.80. The van der Waals surface area contributed by atoms with Crippen molar-refractivity contribution in [3.8, 4) is 11.3 Å². The molecule has 27 heavy (non-hydrogen) atoms. The number of anilines is 1. The topological polar surface area (TPSA) is 84.0 Å². The summed E-state index contributed by atoms with van der Waals surface area (Å²) in [6, 6.07) is 3.98. The lowest BCUT2D eigenvalue weighted by Gasteiger charge is -2.27. The second-order valence-corrected chi connectivity index (χ2v) is 7.74. The molecule has 0 spiro atoms. The van der Waals surface area contributed by atoms with Gasteiger partial charge in [-0.25, -0.2) is 15.0 Å². The van der Waals surface area contributed by atoms with E-state index in [-0.39, 0.29) is 5.78 Å². The number of Topliss-reactive ketones (excluding diaryl/α,β-unsaturated/α-hetero) is 1. The first-order valence-corrected chi connectivity index (χ1v) is 9.11. The predicted molar refractivity (Wildman–Crippen MR) is 104 cm³/mol. The molecule has 3 aromatic heterocycles. The summed E-state index contributed by atoms with van der Waals surface area (Å²) in [7, 11) is 0. The van der Waals surface area contributed by atoms with Gasteiger partial charge in [-0.2, -0.15) is 0 Å². The van der Waals surface area contributed by atoms with Crippen LogP contribution in [0.4, 0.5) is 5.82 Å². The molecule has 0 radical (unpaired) electrons. The van der Waals surface area contributed by atoms with Crippen LogP contribution in [0.15, 0.2) is 30.7 Å². The molecule has 0 bridgehead atoms. The molecule has 7 heteroatoms. The van der Waals surface area contributed by atoms with Crippen LogP contribution in [0.1, 0.15) is 31.1 Å². The smallest absolute Gasteiger partial charge is 0.171 e. The summed E-state index contributed by atoms with van der Waals surface area (Å²) < 4.78 is 5.38. The number of morpholine rings is 1.